The molecule has 0 unspecified atom stereocenters. The fourth-order valence-electron chi connectivity index (χ4n) is 1.66. The first-order valence-corrected chi connectivity index (χ1v) is 4.54. The molecule has 1 saturated carbocycles. The highest BCUT2D eigenvalue weighted by Gasteiger charge is 2.38. The van der Waals surface area contributed by atoms with E-state index in [1.54, 1.807) is 0 Å². The number of hydrogen-bond donors (Lipinski definition) is 1. The van der Waals surface area contributed by atoms with Crippen LogP contribution in [0.1, 0.15) is 39.5 Å². The van der Waals surface area contributed by atoms with Crippen LogP contribution < -0.4 is 5.32 Å². The van der Waals surface area contributed by atoms with Crippen molar-refractivity contribution in [3.8, 4) is 0 Å². The largest absolute Gasteiger partial charge is 0.346 e. The second-order valence-corrected chi connectivity index (χ2v) is 4.11. The summed E-state index contributed by atoms with van der Waals surface area (Å²) in [5.74, 6) is -4.41. The van der Waals surface area contributed by atoms with Crippen molar-refractivity contribution in [2.75, 3.05) is 0 Å². The quantitative estimate of drug-likeness (QED) is 0.711. The van der Waals surface area contributed by atoms with Crippen LogP contribution in [0, 0.1) is 0 Å². The summed E-state index contributed by atoms with van der Waals surface area (Å²) in [6.45, 7) is 2.45. The number of carbonyl (C=O) groups is 1. The molecule has 1 aliphatic rings. The molecule has 0 aromatic carbocycles. The molecule has 0 atom stereocenters. The van der Waals surface area contributed by atoms with E-state index in [2.05, 4.69) is 5.32 Å². The number of rotatable bonds is 2. The van der Waals surface area contributed by atoms with Crippen LogP contribution in [0.3, 0.4) is 0 Å². The second kappa shape index (κ2) is 3.24. The van der Waals surface area contributed by atoms with Crippen molar-refractivity contribution < 1.29 is 13.6 Å². The highest BCUT2D eigenvalue weighted by molar-refractivity contribution is 5.83. The van der Waals surface area contributed by atoms with Gasteiger partial charge in [-0.05, 0) is 19.8 Å². The lowest BCUT2D eigenvalue weighted by molar-refractivity contribution is -0.145. The summed E-state index contributed by atoms with van der Waals surface area (Å²) in [7, 11) is 0. The molecule has 76 valence electrons. The van der Waals surface area contributed by atoms with Crippen molar-refractivity contribution in [2.45, 2.75) is 51.0 Å². The van der Waals surface area contributed by atoms with Crippen molar-refractivity contribution in [3.05, 3.63) is 0 Å². The van der Waals surface area contributed by atoms with E-state index in [1.165, 1.54) is 0 Å². The molecular weight excluding hydrogens is 176 g/mol. The summed E-state index contributed by atoms with van der Waals surface area (Å²) < 4.78 is 25.1. The summed E-state index contributed by atoms with van der Waals surface area (Å²) in [5, 5.41) is 2.41. The first-order valence-electron chi connectivity index (χ1n) is 4.54. The molecule has 0 spiro atoms. The van der Waals surface area contributed by atoms with E-state index in [4.69, 9.17) is 0 Å². The predicted octanol–water partition coefficient (Wildman–Crippen LogP) is 2.09. The monoisotopic (exact) mass is 191 g/mol. The van der Waals surface area contributed by atoms with Gasteiger partial charge >= 0.3 is 5.92 Å². The Balaban J connectivity index is 2.53. The molecule has 0 heterocycles. The van der Waals surface area contributed by atoms with Gasteiger partial charge < -0.3 is 5.32 Å². The molecule has 1 rings (SSSR count). The number of amides is 1. The first kappa shape index (κ1) is 10.4. The van der Waals surface area contributed by atoms with Crippen molar-refractivity contribution >= 4 is 5.91 Å². The predicted molar refractivity (Wildman–Crippen MR) is 45.6 cm³/mol. The molecule has 2 nitrogen and oxygen atoms in total. The number of carbonyl (C=O) groups excluding carboxylic acids is 1. The van der Waals surface area contributed by atoms with Crippen LogP contribution in [0.15, 0.2) is 0 Å². The Labute approximate surface area is 76.7 Å². The minimum Gasteiger partial charge on any atom is -0.346 e. The lowest BCUT2D eigenvalue weighted by atomic mass is 10.0. The van der Waals surface area contributed by atoms with E-state index < -0.39 is 17.4 Å². The smallest absolute Gasteiger partial charge is 0.321 e. The molecule has 1 amide bonds. The Kier molecular flexibility index (Phi) is 2.59. The highest BCUT2D eigenvalue weighted by Crippen LogP contribution is 2.29. The van der Waals surface area contributed by atoms with Crippen LogP contribution in [0.2, 0.25) is 0 Å². The Morgan fingerprint density at radius 1 is 1.38 bits per heavy atom. The molecular formula is C9H15F2NO. The van der Waals surface area contributed by atoms with Crippen LogP contribution >= 0.6 is 0 Å². The van der Waals surface area contributed by atoms with Gasteiger partial charge in [0.25, 0.3) is 5.91 Å². The third-order valence-corrected chi connectivity index (χ3v) is 2.52. The minimum atomic E-state index is -3.26. The maximum atomic E-state index is 12.5. The lowest BCUT2D eigenvalue weighted by Gasteiger charge is -2.26. The van der Waals surface area contributed by atoms with Gasteiger partial charge in [0, 0.05) is 12.5 Å². The van der Waals surface area contributed by atoms with Gasteiger partial charge in [-0.1, -0.05) is 12.8 Å². The summed E-state index contributed by atoms with van der Waals surface area (Å²) in [6.07, 6.45) is 3.61. The van der Waals surface area contributed by atoms with Gasteiger partial charge in [-0.25, -0.2) is 0 Å². The molecule has 0 saturated heterocycles. The molecule has 1 N–H and O–H groups in total. The van der Waals surface area contributed by atoms with Gasteiger partial charge in [-0.15, -0.1) is 0 Å². The number of nitrogens with one attached hydrogen (secondary N) is 1. The van der Waals surface area contributed by atoms with Gasteiger partial charge in [0.2, 0.25) is 0 Å². The normalized spacial score (nSPS) is 21.5. The number of hydrogen-bond acceptors (Lipinski definition) is 1. The van der Waals surface area contributed by atoms with E-state index in [0.29, 0.717) is 6.92 Å². The van der Waals surface area contributed by atoms with Crippen LogP contribution in [0.4, 0.5) is 8.78 Å². The van der Waals surface area contributed by atoms with E-state index in [0.717, 1.165) is 25.7 Å². The standard InChI is InChI=1S/C9H15F2NO/c1-8(5-3-4-6-8)12-7(13)9(2,10)11/h3-6H2,1-2H3,(H,12,13). The average Bonchev–Trinajstić information content (AvgIpc) is 2.33. The Bertz CT molecular complexity index is 204. The molecule has 0 bridgehead atoms. The van der Waals surface area contributed by atoms with Crippen LogP contribution in [-0.2, 0) is 4.79 Å². The molecule has 0 aliphatic heterocycles. The molecule has 13 heavy (non-hydrogen) atoms. The minimum absolute atomic E-state index is 0.406. The van der Waals surface area contributed by atoms with Crippen LogP contribution in [0.5, 0.6) is 0 Å². The van der Waals surface area contributed by atoms with E-state index in [9.17, 15) is 13.6 Å². The fourth-order valence-corrected chi connectivity index (χ4v) is 1.66. The first-order chi connectivity index (χ1) is 5.83. The topological polar surface area (TPSA) is 29.1 Å². The zero-order valence-electron chi connectivity index (χ0n) is 7.99. The Morgan fingerprint density at radius 3 is 2.23 bits per heavy atom. The molecule has 0 radical (unpaired) electrons. The third kappa shape index (κ3) is 2.64. The number of halogens is 2. The maximum Gasteiger partial charge on any atom is 0.321 e. The van der Waals surface area contributed by atoms with E-state index in [-0.39, 0.29) is 0 Å². The van der Waals surface area contributed by atoms with Crippen molar-refractivity contribution in [2.24, 2.45) is 0 Å². The van der Waals surface area contributed by atoms with Gasteiger partial charge in [0.1, 0.15) is 0 Å². The number of alkyl halides is 2. The van der Waals surface area contributed by atoms with Gasteiger partial charge in [-0.2, -0.15) is 8.78 Å². The lowest BCUT2D eigenvalue weighted by Crippen LogP contribution is -2.49. The van der Waals surface area contributed by atoms with Gasteiger partial charge in [-0.3, -0.25) is 4.79 Å². The maximum absolute atomic E-state index is 12.5. The van der Waals surface area contributed by atoms with Gasteiger partial charge in [0.05, 0.1) is 0 Å². The summed E-state index contributed by atoms with van der Waals surface area (Å²) in [4.78, 5) is 11.0. The summed E-state index contributed by atoms with van der Waals surface area (Å²) in [6, 6.07) is 0. The third-order valence-electron chi connectivity index (χ3n) is 2.52. The second-order valence-electron chi connectivity index (χ2n) is 4.11. The van der Waals surface area contributed by atoms with E-state index in [1.807, 2.05) is 6.92 Å². The van der Waals surface area contributed by atoms with Crippen LogP contribution in [0.25, 0.3) is 0 Å². The van der Waals surface area contributed by atoms with E-state index >= 15 is 0 Å². The zero-order chi connectivity index (χ0) is 10.1. The Hall–Kier alpha value is -0.670. The van der Waals surface area contributed by atoms with Crippen molar-refractivity contribution in [3.63, 3.8) is 0 Å². The SMILES string of the molecule is CC1(NC(=O)C(C)(F)F)CCCC1. The molecule has 0 aromatic heterocycles. The molecule has 4 heteroatoms. The van der Waals surface area contributed by atoms with Crippen molar-refractivity contribution in [1.29, 1.82) is 0 Å². The van der Waals surface area contributed by atoms with Crippen molar-refractivity contribution in [1.82, 2.24) is 5.32 Å². The zero-order valence-corrected chi connectivity index (χ0v) is 7.99. The molecule has 0 aromatic rings. The molecule has 1 fully saturated rings. The van der Waals surface area contributed by atoms with Crippen LogP contribution in [-0.4, -0.2) is 17.4 Å². The summed E-state index contributed by atoms with van der Waals surface area (Å²) in [5.41, 5.74) is -0.406. The highest BCUT2D eigenvalue weighted by atomic mass is 19.3. The summed E-state index contributed by atoms with van der Waals surface area (Å²) >= 11 is 0. The van der Waals surface area contributed by atoms with Gasteiger partial charge in [0.15, 0.2) is 0 Å². The average molecular weight is 191 g/mol. The fraction of sp³-hybridized carbons (Fsp3) is 0.889. The molecule has 1 aliphatic carbocycles. The Morgan fingerprint density at radius 2 is 1.85 bits per heavy atom.